The van der Waals surface area contributed by atoms with E-state index in [1.165, 1.54) is 31.2 Å². The number of piperazine rings is 1. The van der Waals surface area contributed by atoms with Gasteiger partial charge in [-0.2, -0.15) is 0 Å². The first-order chi connectivity index (χ1) is 13.7. The van der Waals surface area contributed by atoms with Crippen molar-refractivity contribution in [3.05, 3.63) is 60.2 Å². The van der Waals surface area contributed by atoms with Gasteiger partial charge in [-0.3, -0.25) is 9.10 Å². The van der Waals surface area contributed by atoms with Gasteiger partial charge in [-0.25, -0.2) is 17.2 Å². The molecular formula is C20H23F2N3O3S. The van der Waals surface area contributed by atoms with Crippen LogP contribution in [0.3, 0.4) is 0 Å². The number of carbonyl (C=O) groups is 1. The minimum absolute atomic E-state index is 0.236. The third-order valence-corrected chi connectivity index (χ3v) is 6.17. The zero-order valence-electron chi connectivity index (χ0n) is 16.3. The second-order valence-corrected chi connectivity index (χ2v) is 8.86. The third-order valence-electron chi connectivity index (χ3n) is 4.93. The van der Waals surface area contributed by atoms with E-state index >= 15 is 0 Å². The summed E-state index contributed by atoms with van der Waals surface area (Å²) in [4.78, 5) is 16.7. The van der Waals surface area contributed by atoms with Crippen LogP contribution < -0.4 is 9.21 Å². The molecule has 1 unspecified atom stereocenters. The molecule has 1 atom stereocenters. The van der Waals surface area contributed by atoms with Crippen LogP contribution in [0.15, 0.2) is 48.5 Å². The molecule has 0 aromatic heterocycles. The summed E-state index contributed by atoms with van der Waals surface area (Å²) < 4.78 is 52.0. The number of amides is 1. The van der Waals surface area contributed by atoms with Gasteiger partial charge in [-0.15, -0.1) is 0 Å². The van der Waals surface area contributed by atoms with Crippen molar-refractivity contribution in [1.82, 2.24) is 4.90 Å². The lowest BCUT2D eigenvalue weighted by Crippen LogP contribution is -2.55. The molecule has 6 nitrogen and oxygen atoms in total. The molecule has 9 heteroatoms. The summed E-state index contributed by atoms with van der Waals surface area (Å²) in [6.07, 6.45) is 1.02. The summed E-state index contributed by atoms with van der Waals surface area (Å²) >= 11 is 0. The fourth-order valence-corrected chi connectivity index (χ4v) is 4.66. The van der Waals surface area contributed by atoms with Gasteiger partial charge < -0.3 is 9.80 Å². The van der Waals surface area contributed by atoms with Gasteiger partial charge in [0.1, 0.15) is 17.7 Å². The average Bonchev–Trinajstić information content (AvgIpc) is 2.69. The Morgan fingerprint density at radius 2 is 1.41 bits per heavy atom. The number of nitrogens with zero attached hydrogens (tertiary/aromatic N) is 3. The van der Waals surface area contributed by atoms with E-state index in [2.05, 4.69) is 0 Å². The SMILES string of the molecule is CC(C(=O)N1CCN(c2ccc(F)cc2)CC1)N(c1ccc(F)cc1)S(C)(=O)=O. The zero-order chi connectivity index (χ0) is 21.2. The Hall–Kier alpha value is -2.68. The molecular weight excluding hydrogens is 400 g/mol. The van der Waals surface area contributed by atoms with Crippen molar-refractivity contribution in [2.24, 2.45) is 0 Å². The Labute approximate surface area is 169 Å². The molecule has 1 aliphatic rings. The number of rotatable bonds is 5. The molecule has 1 fully saturated rings. The maximum Gasteiger partial charge on any atom is 0.246 e. The van der Waals surface area contributed by atoms with Crippen molar-refractivity contribution in [2.75, 3.05) is 41.6 Å². The summed E-state index contributed by atoms with van der Waals surface area (Å²) in [6, 6.07) is 10.2. The Morgan fingerprint density at radius 1 is 0.931 bits per heavy atom. The number of hydrogen-bond acceptors (Lipinski definition) is 4. The first-order valence-corrected chi connectivity index (χ1v) is 11.1. The Morgan fingerprint density at radius 3 is 1.90 bits per heavy atom. The molecule has 2 aromatic carbocycles. The normalized spacial score (nSPS) is 15.9. The van der Waals surface area contributed by atoms with E-state index in [1.54, 1.807) is 17.0 Å². The van der Waals surface area contributed by atoms with Gasteiger partial charge in [-0.1, -0.05) is 0 Å². The largest absolute Gasteiger partial charge is 0.368 e. The van der Waals surface area contributed by atoms with Gasteiger partial charge in [-0.05, 0) is 55.5 Å². The van der Waals surface area contributed by atoms with Crippen molar-refractivity contribution in [1.29, 1.82) is 0 Å². The number of sulfonamides is 1. The first-order valence-electron chi connectivity index (χ1n) is 9.21. The number of hydrogen-bond donors (Lipinski definition) is 0. The molecule has 0 aliphatic carbocycles. The Balaban J connectivity index is 1.71. The van der Waals surface area contributed by atoms with Gasteiger partial charge >= 0.3 is 0 Å². The van der Waals surface area contributed by atoms with Crippen LogP contribution in [0.2, 0.25) is 0 Å². The van der Waals surface area contributed by atoms with Crippen molar-refractivity contribution in [3.63, 3.8) is 0 Å². The second-order valence-electron chi connectivity index (χ2n) is 7.00. The molecule has 0 radical (unpaired) electrons. The van der Waals surface area contributed by atoms with Crippen LogP contribution in [0.5, 0.6) is 0 Å². The van der Waals surface area contributed by atoms with Crippen LogP contribution in [0.1, 0.15) is 6.92 Å². The average molecular weight is 423 g/mol. The number of benzene rings is 2. The van der Waals surface area contributed by atoms with Gasteiger partial charge in [0.05, 0.1) is 11.9 Å². The van der Waals surface area contributed by atoms with Gasteiger partial charge in [0, 0.05) is 31.9 Å². The predicted octanol–water partition coefficient (Wildman–Crippen LogP) is 2.47. The van der Waals surface area contributed by atoms with Gasteiger partial charge in [0.15, 0.2) is 0 Å². The van der Waals surface area contributed by atoms with E-state index in [4.69, 9.17) is 0 Å². The predicted molar refractivity (Wildman–Crippen MR) is 108 cm³/mol. The molecule has 1 saturated heterocycles. The Kier molecular flexibility index (Phi) is 6.07. The monoisotopic (exact) mass is 423 g/mol. The molecule has 1 heterocycles. The minimum Gasteiger partial charge on any atom is -0.368 e. The fraction of sp³-hybridized carbons (Fsp3) is 0.350. The van der Waals surface area contributed by atoms with E-state index in [1.807, 2.05) is 4.90 Å². The third kappa shape index (κ3) is 4.84. The number of anilines is 2. The summed E-state index contributed by atoms with van der Waals surface area (Å²) in [5, 5.41) is 0. The van der Waals surface area contributed by atoms with Crippen LogP contribution in [-0.4, -0.2) is 57.7 Å². The van der Waals surface area contributed by atoms with Crippen molar-refractivity contribution in [2.45, 2.75) is 13.0 Å². The minimum atomic E-state index is -3.75. The van der Waals surface area contributed by atoms with Crippen LogP contribution >= 0.6 is 0 Å². The van der Waals surface area contributed by atoms with E-state index in [-0.39, 0.29) is 17.4 Å². The molecule has 0 spiro atoms. The molecule has 3 rings (SSSR count). The first kappa shape index (κ1) is 21.0. The molecule has 0 N–H and O–H groups in total. The standard InChI is InChI=1S/C20H23F2N3O3S/c1-15(25(29(2,27)28)19-9-5-17(22)6-10-19)20(26)24-13-11-23(12-14-24)18-7-3-16(21)4-8-18/h3-10,15H,11-14H2,1-2H3. The lowest BCUT2D eigenvalue weighted by atomic mass is 10.2. The lowest BCUT2D eigenvalue weighted by Gasteiger charge is -2.39. The molecule has 156 valence electrons. The zero-order valence-corrected chi connectivity index (χ0v) is 17.1. The molecule has 1 amide bonds. The summed E-state index contributed by atoms with van der Waals surface area (Å²) in [5.41, 5.74) is 1.11. The summed E-state index contributed by atoms with van der Waals surface area (Å²) in [7, 11) is -3.75. The maximum absolute atomic E-state index is 13.2. The number of carbonyl (C=O) groups excluding carboxylic acids is 1. The highest BCUT2D eigenvalue weighted by Crippen LogP contribution is 2.23. The van der Waals surface area contributed by atoms with E-state index in [0.29, 0.717) is 26.2 Å². The maximum atomic E-state index is 13.2. The highest BCUT2D eigenvalue weighted by Gasteiger charge is 2.33. The molecule has 0 saturated carbocycles. The number of halogens is 2. The molecule has 29 heavy (non-hydrogen) atoms. The van der Waals surface area contributed by atoms with Gasteiger partial charge in [0.2, 0.25) is 15.9 Å². The van der Waals surface area contributed by atoms with E-state index in [9.17, 15) is 22.0 Å². The van der Waals surface area contributed by atoms with Crippen LogP contribution in [0, 0.1) is 11.6 Å². The molecule has 1 aliphatic heterocycles. The van der Waals surface area contributed by atoms with Crippen molar-refractivity contribution >= 4 is 27.3 Å². The lowest BCUT2D eigenvalue weighted by molar-refractivity contribution is -0.132. The van der Waals surface area contributed by atoms with E-state index < -0.39 is 21.9 Å². The van der Waals surface area contributed by atoms with Crippen molar-refractivity contribution in [3.8, 4) is 0 Å². The molecule has 2 aromatic rings. The van der Waals surface area contributed by atoms with Gasteiger partial charge in [0.25, 0.3) is 0 Å². The summed E-state index contributed by atoms with van der Waals surface area (Å²) in [6.45, 7) is 3.47. The smallest absolute Gasteiger partial charge is 0.246 e. The highest BCUT2D eigenvalue weighted by atomic mass is 32.2. The van der Waals surface area contributed by atoms with Crippen LogP contribution in [0.25, 0.3) is 0 Å². The highest BCUT2D eigenvalue weighted by molar-refractivity contribution is 7.92. The molecule has 0 bridgehead atoms. The second kappa shape index (κ2) is 8.36. The van der Waals surface area contributed by atoms with E-state index in [0.717, 1.165) is 28.4 Å². The van der Waals surface area contributed by atoms with Crippen LogP contribution in [-0.2, 0) is 14.8 Å². The van der Waals surface area contributed by atoms with Crippen molar-refractivity contribution < 1.29 is 22.0 Å². The van der Waals surface area contributed by atoms with Crippen LogP contribution in [0.4, 0.5) is 20.2 Å². The quantitative estimate of drug-likeness (QED) is 0.741. The Bertz CT molecular complexity index is 957. The summed E-state index contributed by atoms with van der Waals surface area (Å²) in [5.74, 6) is -1.12. The fourth-order valence-electron chi connectivity index (χ4n) is 3.49. The topological polar surface area (TPSA) is 60.9 Å².